The van der Waals surface area contributed by atoms with Crippen molar-refractivity contribution >= 4 is 17.5 Å². The van der Waals surface area contributed by atoms with Gasteiger partial charge in [0.15, 0.2) is 6.61 Å². The van der Waals surface area contributed by atoms with Crippen LogP contribution in [0.2, 0.25) is 0 Å². The molecule has 0 aliphatic carbocycles. The first-order valence-corrected chi connectivity index (χ1v) is 7.45. The number of nitrogens with one attached hydrogen (secondary N) is 1. The number of benzene rings is 2. The number of carbonyl (C=O) groups is 2. The Morgan fingerprint density at radius 2 is 1.75 bits per heavy atom. The van der Waals surface area contributed by atoms with Gasteiger partial charge in [-0.3, -0.25) is 9.59 Å². The van der Waals surface area contributed by atoms with Gasteiger partial charge in [0.25, 0.3) is 5.91 Å². The lowest BCUT2D eigenvalue weighted by Crippen LogP contribution is -2.27. The van der Waals surface area contributed by atoms with Crippen molar-refractivity contribution in [1.29, 1.82) is 0 Å². The van der Waals surface area contributed by atoms with Gasteiger partial charge in [0.05, 0.1) is 6.42 Å². The Kier molecular flexibility index (Phi) is 5.78. The molecule has 0 aromatic heterocycles. The number of hydrogen-bond acceptors (Lipinski definition) is 4. The zero-order chi connectivity index (χ0) is 17.5. The quantitative estimate of drug-likeness (QED) is 0.850. The molecular formula is C18H20N2O4. The minimum Gasteiger partial charge on any atom is -0.508 e. The lowest BCUT2D eigenvalue weighted by molar-refractivity contribution is -0.130. The Hall–Kier alpha value is -3.02. The van der Waals surface area contributed by atoms with E-state index in [1.165, 1.54) is 4.90 Å². The van der Waals surface area contributed by atoms with Gasteiger partial charge in [-0.25, -0.2) is 0 Å². The second kappa shape index (κ2) is 8.01. The molecule has 6 heteroatoms. The van der Waals surface area contributed by atoms with Gasteiger partial charge in [0.1, 0.15) is 11.5 Å². The van der Waals surface area contributed by atoms with E-state index in [9.17, 15) is 14.7 Å². The Morgan fingerprint density at radius 1 is 1.08 bits per heavy atom. The third-order valence-corrected chi connectivity index (χ3v) is 3.34. The summed E-state index contributed by atoms with van der Waals surface area (Å²) in [4.78, 5) is 24.9. The fraction of sp³-hybridized carbons (Fsp3) is 0.222. The number of para-hydroxylation sites is 1. The SMILES string of the molecule is CN(C)C(=O)COc1ccc(NC(=O)Cc2ccccc2O)cc1. The van der Waals surface area contributed by atoms with Crippen LogP contribution in [0.4, 0.5) is 5.69 Å². The van der Waals surface area contributed by atoms with Gasteiger partial charge >= 0.3 is 0 Å². The van der Waals surface area contributed by atoms with Crippen molar-refractivity contribution in [3.8, 4) is 11.5 Å². The van der Waals surface area contributed by atoms with Gasteiger partial charge in [-0.15, -0.1) is 0 Å². The van der Waals surface area contributed by atoms with Crippen LogP contribution in [0.1, 0.15) is 5.56 Å². The number of rotatable bonds is 6. The second-order valence-corrected chi connectivity index (χ2v) is 5.45. The average molecular weight is 328 g/mol. The highest BCUT2D eigenvalue weighted by molar-refractivity contribution is 5.92. The van der Waals surface area contributed by atoms with Gasteiger partial charge in [-0.1, -0.05) is 18.2 Å². The first-order valence-electron chi connectivity index (χ1n) is 7.45. The first kappa shape index (κ1) is 17.3. The van der Waals surface area contributed by atoms with Gasteiger partial charge in [0, 0.05) is 25.3 Å². The molecule has 2 N–H and O–H groups in total. The minimum atomic E-state index is -0.229. The number of amides is 2. The molecule has 0 aliphatic rings. The Bertz CT molecular complexity index is 711. The predicted molar refractivity (Wildman–Crippen MR) is 91.1 cm³/mol. The summed E-state index contributed by atoms with van der Waals surface area (Å²) in [6, 6.07) is 13.5. The summed E-state index contributed by atoms with van der Waals surface area (Å²) in [7, 11) is 3.32. The van der Waals surface area contributed by atoms with Crippen molar-refractivity contribution in [2.24, 2.45) is 0 Å². The fourth-order valence-electron chi connectivity index (χ4n) is 1.95. The second-order valence-electron chi connectivity index (χ2n) is 5.45. The molecule has 24 heavy (non-hydrogen) atoms. The molecule has 0 atom stereocenters. The number of ether oxygens (including phenoxy) is 1. The summed E-state index contributed by atoms with van der Waals surface area (Å²) in [5.41, 5.74) is 1.18. The molecule has 6 nitrogen and oxygen atoms in total. The summed E-state index contributed by atoms with van der Waals surface area (Å²) in [6.07, 6.45) is 0.0856. The maximum Gasteiger partial charge on any atom is 0.259 e. The van der Waals surface area contributed by atoms with E-state index in [2.05, 4.69) is 5.32 Å². The van der Waals surface area contributed by atoms with Gasteiger partial charge in [0.2, 0.25) is 5.91 Å². The maximum atomic E-state index is 12.0. The van der Waals surface area contributed by atoms with Crippen LogP contribution in [0.5, 0.6) is 11.5 Å². The van der Waals surface area contributed by atoms with Crippen LogP contribution in [-0.2, 0) is 16.0 Å². The Morgan fingerprint density at radius 3 is 2.38 bits per heavy atom. The molecule has 0 saturated heterocycles. The molecule has 0 radical (unpaired) electrons. The van der Waals surface area contributed by atoms with Crippen molar-refractivity contribution < 1.29 is 19.4 Å². The van der Waals surface area contributed by atoms with E-state index in [0.29, 0.717) is 17.0 Å². The van der Waals surface area contributed by atoms with Crippen LogP contribution in [0.15, 0.2) is 48.5 Å². The number of anilines is 1. The van der Waals surface area contributed by atoms with Crippen molar-refractivity contribution in [2.45, 2.75) is 6.42 Å². The number of nitrogens with zero attached hydrogens (tertiary/aromatic N) is 1. The smallest absolute Gasteiger partial charge is 0.259 e. The standard InChI is InChI=1S/C18H20N2O4/c1-20(2)18(23)12-24-15-9-7-14(8-10-15)19-17(22)11-13-5-3-4-6-16(13)21/h3-10,21H,11-12H2,1-2H3,(H,19,22). The molecule has 2 amide bonds. The van der Waals surface area contributed by atoms with Gasteiger partial charge in [-0.05, 0) is 30.3 Å². The van der Waals surface area contributed by atoms with E-state index in [4.69, 9.17) is 4.74 Å². The minimum absolute atomic E-state index is 0.0357. The molecular weight excluding hydrogens is 308 g/mol. The number of carbonyl (C=O) groups excluding carboxylic acids is 2. The number of aromatic hydroxyl groups is 1. The highest BCUT2D eigenvalue weighted by Gasteiger charge is 2.08. The van der Waals surface area contributed by atoms with E-state index in [1.807, 2.05) is 0 Å². The van der Waals surface area contributed by atoms with Gasteiger partial charge in [-0.2, -0.15) is 0 Å². The van der Waals surface area contributed by atoms with E-state index in [1.54, 1.807) is 62.6 Å². The molecule has 0 spiro atoms. The third kappa shape index (κ3) is 5.01. The van der Waals surface area contributed by atoms with Crippen molar-refractivity contribution in [2.75, 3.05) is 26.0 Å². The third-order valence-electron chi connectivity index (χ3n) is 3.34. The molecule has 0 aliphatic heterocycles. The summed E-state index contributed by atoms with van der Waals surface area (Å²) >= 11 is 0. The lowest BCUT2D eigenvalue weighted by Gasteiger charge is -2.12. The number of likely N-dealkylation sites (N-methyl/N-ethyl adjacent to an activating group) is 1. The van der Waals surface area contributed by atoms with Crippen LogP contribution in [-0.4, -0.2) is 42.5 Å². The van der Waals surface area contributed by atoms with Crippen LogP contribution in [0, 0.1) is 0 Å². The summed E-state index contributed by atoms with van der Waals surface area (Å²) in [5, 5.41) is 12.4. The number of phenols is 1. The van der Waals surface area contributed by atoms with Crippen LogP contribution in [0.25, 0.3) is 0 Å². The molecule has 0 fully saturated rings. The maximum absolute atomic E-state index is 12.0. The molecule has 2 aromatic rings. The molecule has 0 bridgehead atoms. The molecule has 2 aromatic carbocycles. The monoisotopic (exact) mass is 328 g/mol. The molecule has 0 heterocycles. The van der Waals surface area contributed by atoms with Crippen molar-refractivity contribution in [1.82, 2.24) is 4.90 Å². The van der Waals surface area contributed by atoms with E-state index in [-0.39, 0.29) is 30.6 Å². The lowest BCUT2D eigenvalue weighted by atomic mass is 10.1. The Labute approximate surface area is 140 Å². The van der Waals surface area contributed by atoms with E-state index >= 15 is 0 Å². The predicted octanol–water partition coefficient (Wildman–Crippen LogP) is 2.04. The van der Waals surface area contributed by atoms with Crippen LogP contribution >= 0.6 is 0 Å². The zero-order valence-corrected chi connectivity index (χ0v) is 13.7. The first-order chi connectivity index (χ1) is 11.5. The molecule has 126 valence electrons. The van der Waals surface area contributed by atoms with Crippen molar-refractivity contribution in [3.63, 3.8) is 0 Å². The number of hydrogen-bond donors (Lipinski definition) is 2. The normalized spacial score (nSPS) is 10.1. The topological polar surface area (TPSA) is 78.9 Å². The molecule has 2 rings (SSSR count). The van der Waals surface area contributed by atoms with Crippen molar-refractivity contribution in [3.05, 3.63) is 54.1 Å². The van der Waals surface area contributed by atoms with E-state index in [0.717, 1.165) is 0 Å². The fourth-order valence-corrected chi connectivity index (χ4v) is 1.95. The van der Waals surface area contributed by atoms with Crippen LogP contribution < -0.4 is 10.1 Å². The zero-order valence-electron chi connectivity index (χ0n) is 13.7. The van der Waals surface area contributed by atoms with E-state index < -0.39 is 0 Å². The Balaban J connectivity index is 1.88. The number of phenolic OH excluding ortho intramolecular Hbond substituents is 1. The summed E-state index contributed by atoms with van der Waals surface area (Å²) in [6.45, 7) is -0.0357. The summed E-state index contributed by atoms with van der Waals surface area (Å²) in [5.74, 6) is 0.286. The van der Waals surface area contributed by atoms with Crippen LogP contribution in [0.3, 0.4) is 0 Å². The highest BCUT2D eigenvalue weighted by Crippen LogP contribution is 2.18. The summed E-state index contributed by atoms with van der Waals surface area (Å²) < 4.78 is 5.36. The highest BCUT2D eigenvalue weighted by atomic mass is 16.5. The largest absolute Gasteiger partial charge is 0.508 e. The molecule has 0 unspecified atom stereocenters. The average Bonchev–Trinajstić information content (AvgIpc) is 2.56. The molecule has 0 saturated carbocycles. The van der Waals surface area contributed by atoms with Gasteiger partial charge < -0.3 is 20.1 Å².